The molecule has 0 saturated heterocycles. The van der Waals surface area contributed by atoms with Crippen molar-refractivity contribution in [1.29, 1.82) is 0 Å². The predicted octanol–water partition coefficient (Wildman–Crippen LogP) is 3.84. The normalized spacial score (nSPS) is 11.4. The minimum Gasteiger partial charge on any atom is -0.466 e. The van der Waals surface area contributed by atoms with Gasteiger partial charge in [-0.05, 0) is 25.5 Å². The van der Waals surface area contributed by atoms with Crippen LogP contribution < -0.4 is 4.74 Å². The van der Waals surface area contributed by atoms with E-state index >= 15 is 0 Å². The fraction of sp³-hybridized carbons (Fsp3) is 0.467. The van der Waals surface area contributed by atoms with Crippen LogP contribution in [0.25, 0.3) is 0 Å². The molecule has 0 atom stereocenters. The fourth-order valence-electron chi connectivity index (χ4n) is 1.71. The number of ketones is 1. The first-order valence-corrected chi connectivity index (χ1v) is 6.90. The molecule has 0 spiro atoms. The van der Waals surface area contributed by atoms with Gasteiger partial charge in [-0.2, -0.15) is 17.6 Å². The van der Waals surface area contributed by atoms with Gasteiger partial charge >= 0.3 is 18.5 Å². The fourth-order valence-corrected chi connectivity index (χ4v) is 1.71. The summed E-state index contributed by atoms with van der Waals surface area (Å²) in [7, 11) is 0. The van der Waals surface area contributed by atoms with Gasteiger partial charge < -0.3 is 9.47 Å². The summed E-state index contributed by atoms with van der Waals surface area (Å²) in [6, 6.07) is 4.60. The number of carbonyl (C=O) groups excluding carboxylic acids is 2. The van der Waals surface area contributed by atoms with Gasteiger partial charge in [0.05, 0.1) is 6.61 Å². The highest BCUT2D eigenvalue weighted by molar-refractivity contribution is 5.96. The second-order valence-corrected chi connectivity index (χ2v) is 4.57. The Labute approximate surface area is 130 Å². The first-order chi connectivity index (χ1) is 10.8. The molecule has 0 aliphatic carbocycles. The molecule has 0 fully saturated rings. The average Bonchev–Trinajstić information content (AvgIpc) is 2.47. The lowest BCUT2D eigenvalue weighted by molar-refractivity contribution is -0.253. The number of rotatable bonds is 9. The quantitative estimate of drug-likeness (QED) is 0.391. The van der Waals surface area contributed by atoms with Crippen LogP contribution in [0, 0.1) is 0 Å². The third-order valence-electron chi connectivity index (χ3n) is 2.75. The van der Waals surface area contributed by atoms with E-state index in [-0.39, 0.29) is 31.4 Å². The van der Waals surface area contributed by atoms with Crippen molar-refractivity contribution in [2.75, 3.05) is 6.61 Å². The Hall–Kier alpha value is -2.12. The number of esters is 1. The lowest BCUT2D eigenvalue weighted by Crippen LogP contribution is -2.33. The van der Waals surface area contributed by atoms with Crippen molar-refractivity contribution in [3.05, 3.63) is 29.8 Å². The zero-order valence-electron chi connectivity index (χ0n) is 12.4. The smallest absolute Gasteiger partial charge is 0.461 e. The summed E-state index contributed by atoms with van der Waals surface area (Å²) in [5.41, 5.74) is 0.0384. The molecule has 0 heterocycles. The lowest BCUT2D eigenvalue weighted by atomic mass is 10.1. The van der Waals surface area contributed by atoms with E-state index in [2.05, 4.69) is 4.74 Å². The number of carbonyl (C=O) groups is 2. The van der Waals surface area contributed by atoms with Crippen LogP contribution in [0.5, 0.6) is 5.75 Å². The number of alkyl halides is 4. The monoisotopic (exact) mass is 336 g/mol. The summed E-state index contributed by atoms with van der Waals surface area (Å²) in [5.74, 6) is -1.39. The third kappa shape index (κ3) is 6.25. The Morgan fingerprint density at radius 1 is 1.22 bits per heavy atom. The molecule has 1 aromatic carbocycles. The molecule has 0 aliphatic heterocycles. The summed E-state index contributed by atoms with van der Waals surface area (Å²) in [6.07, 6.45) is -8.33. The molecule has 0 aliphatic rings. The highest BCUT2D eigenvalue weighted by Crippen LogP contribution is 2.28. The molecule has 128 valence electrons. The van der Waals surface area contributed by atoms with Gasteiger partial charge in [0.2, 0.25) is 0 Å². The second kappa shape index (κ2) is 8.50. The Morgan fingerprint density at radius 3 is 2.52 bits per heavy atom. The van der Waals surface area contributed by atoms with Crippen LogP contribution in [0.15, 0.2) is 24.3 Å². The number of hydrogen-bond donors (Lipinski definition) is 0. The van der Waals surface area contributed by atoms with Crippen LogP contribution in [-0.4, -0.2) is 30.9 Å². The van der Waals surface area contributed by atoms with E-state index < -0.39 is 30.0 Å². The molecule has 23 heavy (non-hydrogen) atoms. The molecule has 8 heteroatoms. The molecule has 4 nitrogen and oxygen atoms in total. The van der Waals surface area contributed by atoms with Gasteiger partial charge in [-0.25, -0.2) is 0 Å². The van der Waals surface area contributed by atoms with Gasteiger partial charge in [0.25, 0.3) is 0 Å². The molecule has 1 rings (SSSR count). The van der Waals surface area contributed by atoms with Gasteiger partial charge in [0.15, 0.2) is 5.78 Å². The number of halogens is 4. The Morgan fingerprint density at radius 2 is 1.91 bits per heavy atom. The summed E-state index contributed by atoms with van der Waals surface area (Å²) < 4.78 is 58.4. The Bertz CT molecular complexity index is 546. The second-order valence-electron chi connectivity index (χ2n) is 4.57. The maximum absolute atomic E-state index is 12.8. The first-order valence-electron chi connectivity index (χ1n) is 6.90. The lowest BCUT2D eigenvalue weighted by Gasteiger charge is -2.17. The van der Waals surface area contributed by atoms with Crippen LogP contribution in [0.4, 0.5) is 17.6 Å². The van der Waals surface area contributed by atoms with Crippen molar-refractivity contribution in [3.8, 4) is 5.75 Å². The SMILES string of the molecule is CCOC(=O)CCCC(=O)c1cccc(OC(F)(F)C(F)F)c1. The summed E-state index contributed by atoms with van der Waals surface area (Å²) in [6.45, 7) is 1.90. The van der Waals surface area contributed by atoms with Crippen LogP contribution in [0.2, 0.25) is 0 Å². The summed E-state index contributed by atoms with van der Waals surface area (Å²) in [4.78, 5) is 23.0. The Kier molecular flexibility index (Phi) is 6.99. The van der Waals surface area contributed by atoms with Crippen molar-refractivity contribution in [2.45, 2.75) is 38.7 Å². The van der Waals surface area contributed by atoms with E-state index in [1.54, 1.807) is 6.92 Å². The third-order valence-corrected chi connectivity index (χ3v) is 2.75. The number of ether oxygens (including phenoxy) is 2. The highest BCUT2D eigenvalue weighted by atomic mass is 19.3. The van der Waals surface area contributed by atoms with Gasteiger partial charge in [-0.3, -0.25) is 9.59 Å². The van der Waals surface area contributed by atoms with E-state index in [9.17, 15) is 27.2 Å². The molecule has 0 bridgehead atoms. The van der Waals surface area contributed by atoms with Gasteiger partial charge in [-0.1, -0.05) is 12.1 Å². The van der Waals surface area contributed by atoms with Crippen molar-refractivity contribution in [3.63, 3.8) is 0 Å². The highest BCUT2D eigenvalue weighted by Gasteiger charge is 2.44. The maximum atomic E-state index is 12.8. The standard InChI is InChI=1S/C15H16F4O4/c1-2-22-13(21)8-4-7-12(20)10-5-3-6-11(9-10)23-15(18,19)14(16)17/h3,5-6,9,14H,2,4,7-8H2,1H3. The number of benzene rings is 1. The minimum absolute atomic E-state index is 0.00644. The van der Waals surface area contributed by atoms with Crippen LogP contribution in [0.1, 0.15) is 36.5 Å². The molecule has 0 saturated carbocycles. The van der Waals surface area contributed by atoms with E-state index in [0.717, 1.165) is 12.1 Å². The molecule has 0 N–H and O–H groups in total. The van der Waals surface area contributed by atoms with Gasteiger partial charge in [-0.15, -0.1) is 0 Å². The Balaban J connectivity index is 2.62. The maximum Gasteiger partial charge on any atom is 0.461 e. The van der Waals surface area contributed by atoms with E-state index in [0.29, 0.717) is 0 Å². The molecule has 0 unspecified atom stereocenters. The minimum atomic E-state index is -4.63. The molecule has 0 aromatic heterocycles. The predicted molar refractivity (Wildman–Crippen MR) is 72.8 cm³/mol. The van der Waals surface area contributed by atoms with Crippen LogP contribution in [-0.2, 0) is 9.53 Å². The topological polar surface area (TPSA) is 52.6 Å². The van der Waals surface area contributed by atoms with Crippen LogP contribution in [0.3, 0.4) is 0 Å². The van der Waals surface area contributed by atoms with E-state index in [1.165, 1.54) is 12.1 Å². The van der Waals surface area contributed by atoms with E-state index in [4.69, 9.17) is 4.74 Å². The largest absolute Gasteiger partial charge is 0.466 e. The average molecular weight is 336 g/mol. The molecule has 1 aromatic rings. The van der Waals surface area contributed by atoms with Crippen molar-refractivity contribution < 1.29 is 36.6 Å². The van der Waals surface area contributed by atoms with Crippen molar-refractivity contribution in [2.24, 2.45) is 0 Å². The van der Waals surface area contributed by atoms with Crippen molar-refractivity contribution in [1.82, 2.24) is 0 Å². The first kappa shape index (κ1) is 18.9. The number of hydrogen-bond acceptors (Lipinski definition) is 4. The van der Waals surface area contributed by atoms with E-state index in [1.807, 2.05) is 0 Å². The molecular weight excluding hydrogens is 320 g/mol. The molecular formula is C15H16F4O4. The van der Waals surface area contributed by atoms with Gasteiger partial charge in [0, 0.05) is 18.4 Å². The summed E-state index contributed by atoms with van der Waals surface area (Å²) >= 11 is 0. The van der Waals surface area contributed by atoms with Crippen LogP contribution >= 0.6 is 0 Å². The number of Topliss-reactive ketones (excluding diaryl/α,β-unsaturated/α-hetero) is 1. The summed E-state index contributed by atoms with van der Waals surface area (Å²) in [5, 5.41) is 0. The zero-order chi connectivity index (χ0) is 17.5. The van der Waals surface area contributed by atoms with Crippen molar-refractivity contribution >= 4 is 11.8 Å². The molecule has 0 amide bonds. The molecule has 0 radical (unpaired) electrons. The zero-order valence-corrected chi connectivity index (χ0v) is 12.4. The van der Waals surface area contributed by atoms with Gasteiger partial charge in [0.1, 0.15) is 5.75 Å².